The highest BCUT2D eigenvalue weighted by Gasteiger charge is 2.10. The van der Waals surface area contributed by atoms with Gasteiger partial charge in [0.25, 0.3) is 0 Å². The van der Waals surface area contributed by atoms with Crippen LogP contribution in [-0.4, -0.2) is 5.78 Å². The number of ketones is 1. The zero-order valence-corrected chi connectivity index (χ0v) is 11.4. The summed E-state index contributed by atoms with van der Waals surface area (Å²) in [5.74, 6) is 0.0443. The second kappa shape index (κ2) is 5.55. The van der Waals surface area contributed by atoms with Gasteiger partial charge in [-0.3, -0.25) is 4.79 Å². The summed E-state index contributed by atoms with van der Waals surface area (Å²) in [6.45, 7) is 1.88. The van der Waals surface area contributed by atoms with Gasteiger partial charge in [0.1, 0.15) is 0 Å². The molecule has 1 nitrogen and oxygen atoms in total. The van der Waals surface area contributed by atoms with E-state index in [9.17, 15) is 4.79 Å². The lowest BCUT2D eigenvalue weighted by molar-refractivity contribution is 0.0993. The van der Waals surface area contributed by atoms with Gasteiger partial charge >= 0.3 is 0 Å². The van der Waals surface area contributed by atoms with Crippen molar-refractivity contribution in [3.05, 3.63) is 69.2 Å². The van der Waals surface area contributed by atoms with E-state index in [1.807, 2.05) is 31.2 Å². The van der Waals surface area contributed by atoms with Crippen LogP contribution in [-0.2, 0) is 6.42 Å². The third kappa shape index (κ3) is 2.92. The number of benzene rings is 2. The number of aryl methyl sites for hydroxylation is 1. The number of hydrogen-bond acceptors (Lipinski definition) is 1. The topological polar surface area (TPSA) is 17.1 Å². The molecule has 0 saturated carbocycles. The van der Waals surface area contributed by atoms with Gasteiger partial charge in [0.05, 0.1) is 0 Å². The average molecular weight is 279 g/mol. The van der Waals surface area contributed by atoms with Gasteiger partial charge in [-0.15, -0.1) is 0 Å². The minimum atomic E-state index is 0.0443. The number of rotatable bonds is 3. The standard InChI is InChI=1S/C15H12Cl2O/c1-10-8-12(6-7-13(10)16)15(18)9-11-4-2-3-5-14(11)17/h2-8H,9H2,1H3. The van der Waals surface area contributed by atoms with E-state index in [-0.39, 0.29) is 5.78 Å². The fourth-order valence-electron chi connectivity index (χ4n) is 1.73. The quantitative estimate of drug-likeness (QED) is 0.742. The molecule has 2 aromatic rings. The maximum atomic E-state index is 12.1. The Balaban J connectivity index is 2.22. The maximum Gasteiger partial charge on any atom is 0.167 e. The molecule has 0 radical (unpaired) electrons. The average Bonchev–Trinajstić information content (AvgIpc) is 2.35. The number of halogens is 2. The van der Waals surface area contributed by atoms with E-state index in [1.165, 1.54) is 0 Å². The van der Waals surface area contributed by atoms with Crippen LogP contribution < -0.4 is 0 Å². The molecule has 0 aromatic heterocycles. The Kier molecular flexibility index (Phi) is 4.05. The molecule has 0 spiro atoms. The molecule has 0 unspecified atom stereocenters. The Morgan fingerprint density at radius 2 is 1.78 bits per heavy atom. The largest absolute Gasteiger partial charge is 0.294 e. The molecule has 0 saturated heterocycles. The summed E-state index contributed by atoms with van der Waals surface area (Å²) in [4.78, 5) is 12.1. The van der Waals surface area contributed by atoms with Crippen LogP contribution in [0, 0.1) is 6.92 Å². The van der Waals surface area contributed by atoms with Gasteiger partial charge in [-0.1, -0.05) is 41.4 Å². The summed E-state index contributed by atoms with van der Waals surface area (Å²) in [7, 11) is 0. The molecular formula is C15H12Cl2O. The van der Waals surface area contributed by atoms with E-state index in [2.05, 4.69) is 0 Å². The predicted octanol–water partition coefficient (Wildman–Crippen LogP) is 4.73. The van der Waals surface area contributed by atoms with E-state index in [1.54, 1.807) is 18.2 Å². The minimum absolute atomic E-state index is 0.0443. The smallest absolute Gasteiger partial charge is 0.167 e. The number of carbonyl (C=O) groups excluding carboxylic acids is 1. The maximum absolute atomic E-state index is 12.1. The van der Waals surface area contributed by atoms with Crippen molar-refractivity contribution < 1.29 is 4.79 Å². The first-order valence-corrected chi connectivity index (χ1v) is 6.36. The highest BCUT2D eigenvalue weighted by atomic mass is 35.5. The molecule has 0 bridgehead atoms. The van der Waals surface area contributed by atoms with Gasteiger partial charge in [-0.2, -0.15) is 0 Å². The van der Waals surface area contributed by atoms with Gasteiger partial charge in [-0.05, 0) is 42.3 Å². The second-order valence-electron chi connectivity index (χ2n) is 4.16. The molecule has 2 aromatic carbocycles. The molecule has 92 valence electrons. The van der Waals surface area contributed by atoms with Crippen molar-refractivity contribution in [1.29, 1.82) is 0 Å². The van der Waals surface area contributed by atoms with Gasteiger partial charge in [0.2, 0.25) is 0 Å². The molecule has 0 aliphatic rings. The van der Waals surface area contributed by atoms with E-state index in [0.29, 0.717) is 22.0 Å². The van der Waals surface area contributed by atoms with Crippen LogP contribution in [0.1, 0.15) is 21.5 Å². The number of carbonyl (C=O) groups is 1. The molecule has 2 rings (SSSR count). The van der Waals surface area contributed by atoms with Crippen LogP contribution in [0.25, 0.3) is 0 Å². The highest BCUT2D eigenvalue weighted by Crippen LogP contribution is 2.20. The van der Waals surface area contributed by atoms with E-state index >= 15 is 0 Å². The fraction of sp³-hybridized carbons (Fsp3) is 0.133. The molecule has 0 amide bonds. The summed E-state index contributed by atoms with van der Waals surface area (Å²) in [5.41, 5.74) is 2.41. The Hall–Kier alpha value is -1.31. The molecule has 0 atom stereocenters. The summed E-state index contributed by atoms with van der Waals surface area (Å²) in [6.07, 6.45) is 0.306. The van der Waals surface area contributed by atoms with E-state index in [0.717, 1.165) is 11.1 Å². The van der Waals surface area contributed by atoms with Gasteiger partial charge < -0.3 is 0 Å². The zero-order valence-electron chi connectivity index (χ0n) is 9.91. The molecule has 0 fully saturated rings. The fourth-order valence-corrected chi connectivity index (χ4v) is 2.06. The molecule has 0 aliphatic carbocycles. The first kappa shape index (κ1) is 13.1. The van der Waals surface area contributed by atoms with Crippen molar-refractivity contribution in [3.63, 3.8) is 0 Å². The first-order chi connectivity index (χ1) is 8.58. The monoisotopic (exact) mass is 278 g/mol. The van der Waals surface area contributed by atoms with Crippen molar-refractivity contribution in [2.45, 2.75) is 13.3 Å². The molecule has 3 heteroatoms. The molecular weight excluding hydrogens is 267 g/mol. The van der Waals surface area contributed by atoms with Crippen molar-refractivity contribution >= 4 is 29.0 Å². The molecule has 0 aliphatic heterocycles. The Bertz CT molecular complexity index is 591. The molecule has 0 heterocycles. The first-order valence-electron chi connectivity index (χ1n) is 5.60. The summed E-state index contributed by atoms with van der Waals surface area (Å²) in [5, 5.41) is 1.29. The summed E-state index contributed by atoms with van der Waals surface area (Å²) < 4.78 is 0. The van der Waals surface area contributed by atoms with Crippen LogP contribution in [0.5, 0.6) is 0 Å². The van der Waals surface area contributed by atoms with Crippen molar-refractivity contribution in [1.82, 2.24) is 0 Å². The lowest BCUT2D eigenvalue weighted by Gasteiger charge is -2.05. The molecule has 18 heavy (non-hydrogen) atoms. The van der Waals surface area contributed by atoms with Crippen LogP contribution in [0.3, 0.4) is 0 Å². The molecule has 0 N–H and O–H groups in total. The Morgan fingerprint density at radius 1 is 1.06 bits per heavy atom. The number of hydrogen-bond donors (Lipinski definition) is 0. The van der Waals surface area contributed by atoms with Crippen molar-refractivity contribution in [3.8, 4) is 0 Å². The van der Waals surface area contributed by atoms with E-state index in [4.69, 9.17) is 23.2 Å². The SMILES string of the molecule is Cc1cc(C(=O)Cc2ccccc2Cl)ccc1Cl. The summed E-state index contributed by atoms with van der Waals surface area (Å²) >= 11 is 12.0. The third-order valence-electron chi connectivity index (χ3n) is 2.79. The minimum Gasteiger partial charge on any atom is -0.294 e. The van der Waals surface area contributed by atoms with Crippen LogP contribution in [0.15, 0.2) is 42.5 Å². The predicted molar refractivity (Wildman–Crippen MR) is 75.7 cm³/mol. The van der Waals surface area contributed by atoms with Crippen LogP contribution in [0.2, 0.25) is 10.0 Å². The Labute approximate surface area is 116 Å². The van der Waals surface area contributed by atoms with Gasteiger partial charge in [-0.25, -0.2) is 0 Å². The van der Waals surface area contributed by atoms with Crippen LogP contribution >= 0.6 is 23.2 Å². The Morgan fingerprint density at radius 3 is 2.44 bits per heavy atom. The lowest BCUT2D eigenvalue weighted by atomic mass is 10.0. The summed E-state index contributed by atoms with van der Waals surface area (Å²) in [6, 6.07) is 12.7. The second-order valence-corrected chi connectivity index (χ2v) is 4.97. The van der Waals surface area contributed by atoms with Crippen molar-refractivity contribution in [2.24, 2.45) is 0 Å². The third-order valence-corrected chi connectivity index (χ3v) is 3.58. The van der Waals surface area contributed by atoms with E-state index < -0.39 is 0 Å². The van der Waals surface area contributed by atoms with Crippen LogP contribution in [0.4, 0.5) is 0 Å². The normalized spacial score (nSPS) is 10.4. The zero-order chi connectivity index (χ0) is 13.1. The lowest BCUT2D eigenvalue weighted by Crippen LogP contribution is -2.04. The van der Waals surface area contributed by atoms with Gasteiger partial charge in [0.15, 0.2) is 5.78 Å². The van der Waals surface area contributed by atoms with Gasteiger partial charge in [0, 0.05) is 22.0 Å². The number of Topliss-reactive ketones (excluding diaryl/α,β-unsaturated/α-hetero) is 1. The highest BCUT2D eigenvalue weighted by molar-refractivity contribution is 6.32. The van der Waals surface area contributed by atoms with Crippen molar-refractivity contribution in [2.75, 3.05) is 0 Å².